The standard InChI is InChI=1S/C24H22N6O2S2/c1-15-17-13-20(34-23(17)30(28-15)16-9-5-4-6-10-16)22-26-27-24(29(22)2)33-14-21(31)25-18-11-7-8-12-19(18)32-3/h4-13H,14H2,1-3H3,(H,25,31). The average Bonchev–Trinajstić information content (AvgIpc) is 3.53. The fourth-order valence-electron chi connectivity index (χ4n) is 3.62. The molecular formula is C24H22N6O2S2. The molecule has 1 amide bonds. The lowest BCUT2D eigenvalue weighted by Crippen LogP contribution is -2.15. The van der Waals surface area contributed by atoms with Crippen LogP contribution in [0.5, 0.6) is 5.75 Å². The Morgan fingerprint density at radius 1 is 1.12 bits per heavy atom. The highest BCUT2D eigenvalue weighted by molar-refractivity contribution is 7.99. The number of aromatic nitrogens is 5. The molecular weight excluding hydrogens is 468 g/mol. The number of nitrogens with one attached hydrogen (secondary N) is 1. The third kappa shape index (κ3) is 4.17. The van der Waals surface area contributed by atoms with Crippen LogP contribution in [0, 0.1) is 6.92 Å². The molecule has 5 aromatic rings. The number of thioether (sulfide) groups is 1. The lowest BCUT2D eigenvalue weighted by atomic mass is 10.3. The van der Waals surface area contributed by atoms with Crippen molar-refractivity contribution in [1.82, 2.24) is 24.5 Å². The van der Waals surface area contributed by atoms with Crippen molar-refractivity contribution in [3.63, 3.8) is 0 Å². The minimum Gasteiger partial charge on any atom is -0.495 e. The summed E-state index contributed by atoms with van der Waals surface area (Å²) in [6.45, 7) is 2.01. The summed E-state index contributed by atoms with van der Waals surface area (Å²) in [4.78, 5) is 14.5. The van der Waals surface area contributed by atoms with Crippen LogP contribution >= 0.6 is 23.1 Å². The molecule has 0 saturated carbocycles. The van der Waals surface area contributed by atoms with Gasteiger partial charge in [0.2, 0.25) is 5.91 Å². The van der Waals surface area contributed by atoms with Crippen molar-refractivity contribution in [2.75, 3.05) is 18.2 Å². The Hall–Kier alpha value is -3.63. The van der Waals surface area contributed by atoms with E-state index in [0.29, 0.717) is 16.6 Å². The van der Waals surface area contributed by atoms with Gasteiger partial charge in [-0.15, -0.1) is 21.5 Å². The van der Waals surface area contributed by atoms with Crippen molar-refractivity contribution in [3.05, 3.63) is 66.4 Å². The normalized spacial score (nSPS) is 11.1. The lowest BCUT2D eigenvalue weighted by molar-refractivity contribution is -0.113. The summed E-state index contributed by atoms with van der Waals surface area (Å²) in [5.41, 5.74) is 2.62. The lowest BCUT2D eigenvalue weighted by Gasteiger charge is -2.09. The van der Waals surface area contributed by atoms with E-state index >= 15 is 0 Å². The zero-order valence-electron chi connectivity index (χ0n) is 18.8. The van der Waals surface area contributed by atoms with E-state index in [1.165, 1.54) is 11.8 Å². The molecule has 0 aliphatic rings. The van der Waals surface area contributed by atoms with Crippen LogP contribution < -0.4 is 10.1 Å². The number of hydrogen-bond donors (Lipinski definition) is 1. The SMILES string of the molecule is COc1ccccc1NC(=O)CSc1nnc(-c2cc3c(C)nn(-c4ccccc4)c3s2)n1C. The number of thiophene rings is 1. The summed E-state index contributed by atoms with van der Waals surface area (Å²) in [5, 5.41) is 18.1. The molecule has 172 valence electrons. The van der Waals surface area contributed by atoms with Crippen molar-refractivity contribution >= 4 is 44.9 Å². The number of rotatable bonds is 7. The van der Waals surface area contributed by atoms with Gasteiger partial charge in [-0.05, 0) is 37.3 Å². The predicted octanol–water partition coefficient (Wildman–Crippen LogP) is 4.93. The molecule has 5 rings (SSSR count). The fraction of sp³-hybridized carbons (Fsp3) is 0.167. The van der Waals surface area contributed by atoms with Gasteiger partial charge in [0.25, 0.3) is 0 Å². The number of nitrogens with zero attached hydrogens (tertiary/aromatic N) is 5. The van der Waals surface area contributed by atoms with Gasteiger partial charge in [-0.1, -0.05) is 42.1 Å². The van der Waals surface area contributed by atoms with Crippen molar-refractivity contribution in [2.24, 2.45) is 7.05 Å². The second-order valence-electron chi connectivity index (χ2n) is 7.56. The van der Waals surface area contributed by atoms with Gasteiger partial charge in [0.05, 0.1) is 34.8 Å². The molecule has 10 heteroatoms. The van der Waals surface area contributed by atoms with Gasteiger partial charge in [0, 0.05) is 12.4 Å². The minimum absolute atomic E-state index is 0.139. The first kappa shape index (κ1) is 22.2. The Balaban J connectivity index is 1.34. The third-order valence-electron chi connectivity index (χ3n) is 5.31. The highest BCUT2D eigenvalue weighted by Gasteiger charge is 2.19. The van der Waals surface area contributed by atoms with Crippen molar-refractivity contribution < 1.29 is 9.53 Å². The van der Waals surface area contributed by atoms with E-state index in [9.17, 15) is 4.79 Å². The van der Waals surface area contributed by atoms with Crippen LogP contribution in [0.4, 0.5) is 5.69 Å². The van der Waals surface area contributed by atoms with Crippen molar-refractivity contribution in [2.45, 2.75) is 12.1 Å². The maximum Gasteiger partial charge on any atom is 0.234 e. The summed E-state index contributed by atoms with van der Waals surface area (Å²) >= 11 is 2.96. The summed E-state index contributed by atoms with van der Waals surface area (Å²) in [6.07, 6.45) is 0. The van der Waals surface area contributed by atoms with Crippen LogP contribution in [0.15, 0.2) is 65.8 Å². The second kappa shape index (κ2) is 9.32. The Morgan fingerprint density at radius 2 is 1.88 bits per heavy atom. The summed E-state index contributed by atoms with van der Waals surface area (Å²) in [6, 6.07) is 19.5. The molecule has 3 heterocycles. The Kier molecular flexibility index (Phi) is 6.08. The van der Waals surface area contributed by atoms with Gasteiger partial charge in [0.15, 0.2) is 11.0 Å². The number of amides is 1. The fourth-order valence-corrected chi connectivity index (χ4v) is 5.54. The highest BCUT2D eigenvalue weighted by Crippen LogP contribution is 2.36. The largest absolute Gasteiger partial charge is 0.495 e. The highest BCUT2D eigenvalue weighted by atomic mass is 32.2. The topological polar surface area (TPSA) is 86.9 Å². The Bertz CT molecular complexity index is 1470. The zero-order valence-corrected chi connectivity index (χ0v) is 20.5. The molecule has 8 nitrogen and oxygen atoms in total. The number of ether oxygens (including phenoxy) is 1. The summed E-state index contributed by atoms with van der Waals surface area (Å²) in [5.74, 6) is 1.45. The van der Waals surface area contributed by atoms with E-state index in [4.69, 9.17) is 9.84 Å². The maximum atomic E-state index is 12.5. The molecule has 0 radical (unpaired) electrons. The molecule has 3 aromatic heterocycles. The number of hydrogen-bond acceptors (Lipinski definition) is 7. The zero-order chi connectivity index (χ0) is 23.7. The molecule has 0 saturated heterocycles. The average molecular weight is 491 g/mol. The molecule has 0 aliphatic heterocycles. The molecule has 0 atom stereocenters. The number of fused-ring (bicyclic) bond motifs is 1. The number of aryl methyl sites for hydroxylation is 1. The smallest absolute Gasteiger partial charge is 0.234 e. The van der Waals surface area contributed by atoms with Gasteiger partial charge in [-0.25, -0.2) is 4.68 Å². The minimum atomic E-state index is -0.139. The number of para-hydroxylation sites is 3. The second-order valence-corrected chi connectivity index (χ2v) is 9.54. The first-order chi connectivity index (χ1) is 16.5. The van der Waals surface area contributed by atoms with Gasteiger partial charge < -0.3 is 14.6 Å². The van der Waals surface area contributed by atoms with Gasteiger partial charge in [-0.2, -0.15) is 5.10 Å². The van der Waals surface area contributed by atoms with Gasteiger partial charge in [-0.3, -0.25) is 4.79 Å². The molecule has 0 fully saturated rings. The van der Waals surface area contributed by atoms with Gasteiger partial charge >= 0.3 is 0 Å². The number of carbonyl (C=O) groups excluding carboxylic acids is 1. The van der Waals surface area contributed by atoms with Crippen LogP contribution in [-0.4, -0.2) is 43.3 Å². The first-order valence-corrected chi connectivity index (χ1v) is 12.4. The van der Waals surface area contributed by atoms with Crippen LogP contribution in [0.2, 0.25) is 0 Å². The van der Waals surface area contributed by atoms with E-state index < -0.39 is 0 Å². The summed E-state index contributed by atoms with van der Waals surface area (Å²) < 4.78 is 9.17. The Labute approximate surface area is 204 Å². The molecule has 0 unspecified atom stereocenters. The van der Waals surface area contributed by atoms with E-state index in [1.54, 1.807) is 24.5 Å². The molecule has 0 spiro atoms. The molecule has 1 N–H and O–H groups in total. The number of anilines is 1. The maximum absolute atomic E-state index is 12.5. The third-order valence-corrected chi connectivity index (χ3v) is 7.44. The van der Waals surface area contributed by atoms with Crippen molar-refractivity contribution in [3.8, 4) is 22.1 Å². The monoisotopic (exact) mass is 490 g/mol. The predicted molar refractivity (Wildman–Crippen MR) is 136 cm³/mol. The molecule has 34 heavy (non-hydrogen) atoms. The number of benzene rings is 2. The van der Waals surface area contributed by atoms with E-state index in [2.05, 4.69) is 21.6 Å². The van der Waals surface area contributed by atoms with Crippen LogP contribution in [0.25, 0.3) is 26.6 Å². The molecule has 2 aromatic carbocycles. The molecule has 0 aliphatic carbocycles. The van der Waals surface area contributed by atoms with E-state index in [0.717, 1.165) is 32.3 Å². The number of carbonyl (C=O) groups is 1. The number of methoxy groups -OCH3 is 1. The van der Waals surface area contributed by atoms with E-state index in [1.807, 2.05) is 71.8 Å². The quantitative estimate of drug-likeness (QED) is 0.326. The van der Waals surface area contributed by atoms with Crippen LogP contribution in [0.1, 0.15) is 5.69 Å². The molecule has 0 bridgehead atoms. The summed E-state index contributed by atoms with van der Waals surface area (Å²) in [7, 11) is 3.49. The van der Waals surface area contributed by atoms with Crippen LogP contribution in [0.3, 0.4) is 0 Å². The van der Waals surface area contributed by atoms with Gasteiger partial charge in [0.1, 0.15) is 10.6 Å². The Morgan fingerprint density at radius 3 is 2.68 bits per heavy atom. The van der Waals surface area contributed by atoms with E-state index in [-0.39, 0.29) is 11.7 Å². The van der Waals surface area contributed by atoms with Crippen molar-refractivity contribution in [1.29, 1.82) is 0 Å². The first-order valence-electron chi connectivity index (χ1n) is 10.5. The van der Waals surface area contributed by atoms with Crippen LogP contribution in [-0.2, 0) is 11.8 Å².